The minimum atomic E-state index is 0.311. The zero-order valence-corrected chi connectivity index (χ0v) is 12.6. The molecule has 0 unspecified atom stereocenters. The van der Waals surface area contributed by atoms with Crippen molar-refractivity contribution in [2.45, 2.75) is 39.5 Å². The van der Waals surface area contributed by atoms with Crippen LogP contribution in [0.1, 0.15) is 38.2 Å². The van der Waals surface area contributed by atoms with E-state index in [4.69, 9.17) is 4.74 Å². The Morgan fingerprint density at radius 1 is 1.30 bits per heavy atom. The minimum Gasteiger partial charge on any atom is -0.493 e. The molecular formula is C17H25NO2. The molecule has 3 nitrogen and oxygen atoms in total. The smallest absolute Gasteiger partial charge is 0.222 e. The van der Waals surface area contributed by atoms with E-state index in [-0.39, 0.29) is 0 Å². The predicted molar refractivity (Wildman–Crippen MR) is 80.9 cm³/mol. The zero-order chi connectivity index (χ0) is 14.4. The van der Waals surface area contributed by atoms with Crippen molar-refractivity contribution in [1.29, 1.82) is 0 Å². The van der Waals surface area contributed by atoms with E-state index in [9.17, 15) is 4.79 Å². The molecule has 0 radical (unpaired) electrons. The third-order valence-corrected chi connectivity index (χ3v) is 4.00. The van der Waals surface area contributed by atoms with Gasteiger partial charge in [-0.2, -0.15) is 0 Å². The third-order valence-electron chi connectivity index (χ3n) is 4.00. The topological polar surface area (TPSA) is 29.5 Å². The van der Waals surface area contributed by atoms with Gasteiger partial charge in [-0.3, -0.25) is 4.79 Å². The second-order valence-corrected chi connectivity index (χ2v) is 5.65. The molecule has 1 aromatic rings. The van der Waals surface area contributed by atoms with E-state index in [2.05, 4.69) is 19.9 Å². The monoisotopic (exact) mass is 275 g/mol. The van der Waals surface area contributed by atoms with Crippen LogP contribution in [0.4, 0.5) is 0 Å². The number of carbonyl (C=O) groups is 1. The maximum absolute atomic E-state index is 11.8. The number of benzene rings is 1. The first-order valence-electron chi connectivity index (χ1n) is 7.67. The van der Waals surface area contributed by atoms with Crippen molar-refractivity contribution in [2.75, 3.05) is 19.7 Å². The zero-order valence-electron chi connectivity index (χ0n) is 12.6. The van der Waals surface area contributed by atoms with Crippen molar-refractivity contribution < 1.29 is 9.53 Å². The Morgan fingerprint density at radius 2 is 2.00 bits per heavy atom. The number of carbonyl (C=O) groups excluding carboxylic acids is 1. The summed E-state index contributed by atoms with van der Waals surface area (Å²) in [5, 5.41) is 0. The fourth-order valence-corrected chi connectivity index (χ4v) is 2.65. The van der Waals surface area contributed by atoms with Gasteiger partial charge in [-0.1, -0.05) is 25.1 Å². The summed E-state index contributed by atoms with van der Waals surface area (Å²) >= 11 is 0. The quantitative estimate of drug-likeness (QED) is 0.824. The van der Waals surface area contributed by atoms with Crippen molar-refractivity contribution in [1.82, 2.24) is 4.90 Å². The number of rotatable bonds is 5. The fraction of sp³-hybridized carbons (Fsp3) is 0.588. The molecule has 0 atom stereocenters. The van der Waals surface area contributed by atoms with Gasteiger partial charge in [0, 0.05) is 19.5 Å². The summed E-state index contributed by atoms with van der Waals surface area (Å²) in [4.78, 5) is 13.8. The van der Waals surface area contributed by atoms with Crippen LogP contribution in [0.25, 0.3) is 0 Å². The highest BCUT2D eigenvalue weighted by Crippen LogP contribution is 2.22. The number of para-hydroxylation sites is 1. The minimum absolute atomic E-state index is 0.311. The summed E-state index contributed by atoms with van der Waals surface area (Å²) in [6.45, 7) is 6.67. The molecule has 0 aliphatic carbocycles. The lowest BCUT2D eigenvalue weighted by Crippen LogP contribution is -2.39. The lowest BCUT2D eigenvalue weighted by atomic mass is 9.97. The number of nitrogens with zero attached hydrogens (tertiary/aromatic N) is 1. The molecule has 0 aromatic heterocycles. The number of likely N-dealkylation sites (tertiary alicyclic amines) is 1. The number of amides is 1. The molecular weight excluding hydrogens is 250 g/mol. The highest BCUT2D eigenvalue weighted by atomic mass is 16.5. The molecule has 110 valence electrons. The van der Waals surface area contributed by atoms with E-state index >= 15 is 0 Å². The summed E-state index contributed by atoms with van der Waals surface area (Å²) in [6, 6.07) is 8.13. The Kier molecular flexibility index (Phi) is 5.45. The fourth-order valence-electron chi connectivity index (χ4n) is 2.65. The van der Waals surface area contributed by atoms with Gasteiger partial charge in [-0.25, -0.2) is 0 Å². The molecule has 3 heteroatoms. The summed E-state index contributed by atoms with van der Waals surface area (Å²) < 4.78 is 5.92. The average Bonchev–Trinajstić information content (AvgIpc) is 2.47. The van der Waals surface area contributed by atoms with E-state index in [1.807, 2.05) is 23.1 Å². The van der Waals surface area contributed by atoms with Gasteiger partial charge in [0.1, 0.15) is 5.75 Å². The molecule has 1 heterocycles. The highest BCUT2D eigenvalue weighted by Gasteiger charge is 2.22. The van der Waals surface area contributed by atoms with E-state index in [0.717, 1.165) is 44.7 Å². The lowest BCUT2D eigenvalue weighted by Gasteiger charge is -2.32. The maximum atomic E-state index is 11.8. The molecule has 1 saturated heterocycles. The van der Waals surface area contributed by atoms with Crippen LogP contribution in [-0.4, -0.2) is 30.5 Å². The Balaban J connectivity index is 1.75. The van der Waals surface area contributed by atoms with E-state index in [1.165, 1.54) is 5.56 Å². The van der Waals surface area contributed by atoms with Crippen LogP contribution in [0.2, 0.25) is 0 Å². The normalized spacial score (nSPS) is 16.2. The Hall–Kier alpha value is -1.51. The Bertz CT molecular complexity index is 436. The number of aryl methyl sites for hydroxylation is 1. The van der Waals surface area contributed by atoms with E-state index in [0.29, 0.717) is 18.2 Å². The van der Waals surface area contributed by atoms with Crippen LogP contribution in [-0.2, 0) is 4.79 Å². The Morgan fingerprint density at radius 3 is 2.65 bits per heavy atom. The first-order chi connectivity index (χ1) is 9.70. The van der Waals surface area contributed by atoms with Gasteiger partial charge >= 0.3 is 0 Å². The SMILES string of the molecule is CCCC(=O)N1CCC(COc2ccccc2C)CC1. The molecule has 1 aliphatic heterocycles. The largest absolute Gasteiger partial charge is 0.493 e. The molecule has 0 spiro atoms. The summed E-state index contributed by atoms with van der Waals surface area (Å²) in [6.07, 6.45) is 3.74. The first-order valence-corrected chi connectivity index (χ1v) is 7.67. The van der Waals surface area contributed by atoms with Crippen molar-refractivity contribution in [3.05, 3.63) is 29.8 Å². The van der Waals surface area contributed by atoms with Gasteiger partial charge in [0.2, 0.25) is 5.91 Å². The number of piperidine rings is 1. The van der Waals surface area contributed by atoms with Crippen LogP contribution >= 0.6 is 0 Å². The molecule has 0 bridgehead atoms. The van der Waals surface area contributed by atoms with Crippen LogP contribution in [0, 0.1) is 12.8 Å². The van der Waals surface area contributed by atoms with Crippen molar-refractivity contribution in [2.24, 2.45) is 5.92 Å². The van der Waals surface area contributed by atoms with E-state index in [1.54, 1.807) is 0 Å². The van der Waals surface area contributed by atoms with Crippen molar-refractivity contribution in [3.8, 4) is 5.75 Å². The second kappa shape index (κ2) is 7.32. The second-order valence-electron chi connectivity index (χ2n) is 5.65. The van der Waals surface area contributed by atoms with Gasteiger partial charge in [0.05, 0.1) is 6.61 Å². The third kappa shape index (κ3) is 3.99. The molecule has 1 aliphatic rings. The molecule has 1 aromatic carbocycles. The molecule has 0 N–H and O–H groups in total. The Labute approximate surface area is 121 Å². The van der Waals surface area contributed by atoms with Gasteiger partial charge in [0.15, 0.2) is 0 Å². The highest BCUT2D eigenvalue weighted by molar-refractivity contribution is 5.76. The van der Waals surface area contributed by atoms with Crippen LogP contribution in [0.5, 0.6) is 5.75 Å². The average molecular weight is 275 g/mol. The summed E-state index contributed by atoms with van der Waals surface area (Å²) in [5.74, 6) is 1.86. The van der Waals surface area contributed by atoms with Crippen LogP contribution in [0.3, 0.4) is 0 Å². The van der Waals surface area contributed by atoms with Gasteiger partial charge < -0.3 is 9.64 Å². The van der Waals surface area contributed by atoms with Crippen molar-refractivity contribution >= 4 is 5.91 Å². The molecule has 0 saturated carbocycles. The van der Waals surface area contributed by atoms with Crippen LogP contribution < -0.4 is 4.74 Å². The number of hydrogen-bond donors (Lipinski definition) is 0. The summed E-state index contributed by atoms with van der Waals surface area (Å²) in [7, 11) is 0. The van der Waals surface area contributed by atoms with Crippen molar-refractivity contribution in [3.63, 3.8) is 0 Å². The van der Waals surface area contributed by atoms with Crippen LogP contribution in [0.15, 0.2) is 24.3 Å². The molecule has 1 amide bonds. The predicted octanol–water partition coefficient (Wildman–Crippen LogP) is 3.41. The number of hydrogen-bond acceptors (Lipinski definition) is 2. The summed E-state index contributed by atoms with van der Waals surface area (Å²) in [5.41, 5.74) is 1.18. The first kappa shape index (κ1) is 14.9. The standard InChI is InChI=1S/C17H25NO2/c1-3-6-17(19)18-11-9-15(10-12-18)13-20-16-8-5-4-7-14(16)2/h4-5,7-8,15H,3,6,9-13H2,1-2H3. The number of ether oxygens (including phenoxy) is 1. The molecule has 20 heavy (non-hydrogen) atoms. The molecule has 1 fully saturated rings. The van der Waals surface area contributed by atoms with Gasteiger partial charge in [-0.15, -0.1) is 0 Å². The lowest BCUT2D eigenvalue weighted by molar-refractivity contribution is -0.132. The maximum Gasteiger partial charge on any atom is 0.222 e. The van der Waals surface area contributed by atoms with E-state index < -0.39 is 0 Å². The van der Waals surface area contributed by atoms with Gasteiger partial charge in [0.25, 0.3) is 0 Å². The van der Waals surface area contributed by atoms with Gasteiger partial charge in [-0.05, 0) is 43.7 Å². The molecule has 2 rings (SSSR count).